The summed E-state index contributed by atoms with van der Waals surface area (Å²) in [5.41, 5.74) is 0. The van der Waals surface area contributed by atoms with Crippen LogP contribution in [0.3, 0.4) is 0 Å². The van der Waals surface area contributed by atoms with Gasteiger partial charge in [0, 0.05) is 12.4 Å². The molecule has 0 bridgehead atoms. The third-order valence-corrected chi connectivity index (χ3v) is 2.56. The standard InChI is InChI=1S/C11H12N4O4/c1-2-7(10-12-5-6-13-10)14-11(16)8-3-4-9(19-8)15(17)18/h3-7H,2H2,1H3,(H,12,13)(H,14,16). The van der Waals surface area contributed by atoms with Gasteiger partial charge in [-0.15, -0.1) is 0 Å². The zero-order chi connectivity index (χ0) is 13.8. The number of nitrogens with one attached hydrogen (secondary N) is 2. The highest BCUT2D eigenvalue weighted by Gasteiger charge is 2.21. The van der Waals surface area contributed by atoms with Gasteiger partial charge >= 0.3 is 5.88 Å². The zero-order valence-corrected chi connectivity index (χ0v) is 10.1. The third-order valence-electron chi connectivity index (χ3n) is 2.56. The molecule has 0 aliphatic heterocycles. The summed E-state index contributed by atoms with van der Waals surface area (Å²) >= 11 is 0. The average Bonchev–Trinajstić information content (AvgIpc) is 3.05. The van der Waals surface area contributed by atoms with Crippen molar-refractivity contribution in [3.05, 3.63) is 46.2 Å². The van der Waals surface area contributed by atoms with Crippen LogP contribution in [0.25, 0.3) is 0 Å². The molecule has 0 saturated heterocycles. The minimum absolute atomic E-state index is 0.100. The van der Waals surface area contributed by atoms with Gasteiger partial charge in [-0.25, -0.2) is 4.98 Å². The lowest BCUT2D eigenvalue weighted by Gasteiger charge is -2.13. The van der Waals surface area contributed by atoms with Crippen LogP contribution in [-0.2, 0) is 0 Å². The van der Waals surface area contributed by atoms with Crippen molar-refractivity contribution in [2.75, 3.05) is 0 Å². The third kappa shape index (κ3) is 2.79. The Morgan fingerprint density at radius 2 is 2.42 bits per heavy atom. The van der Waals surface area contributed by atoms with Gasteiger partial charge in [-0.1, -0.05) is 6.92 Å². The number of amides is 1. The molecule has 0 aliphatic rings. The fourth-order valence-corrected chi connectivity index (χ4v) is 1.61. The predicted octanol–water partition coefficient (Wildman–Crippen LogP) is 1.79. The van der Waals surface area contributed by atoms with Crippen LogP contribution >= 0.6 is 0 Å². The first-order valence-electron chi connectivity index (χ1n) is 5.66. The van der Waals surface area contributed by atoms with Gasteiger partial charge in [0.15, 0.2) is 5.76 Å². The number of nitro groups is 1. The summed E-state index contributed by atoms with van der Waals surface area (Å²) in [6, 6.07) is 2.11. The van der Waals surface area contributed by atoms with Gasteiger partial charge in [0.25, 0.3) is 5.91 Å². The van der Waals surface area contributed by atoms with E-state index in [9.17, 15) is 14.9 Å². The minimum Gasteiger partial charge on any atom is -0.395 e. The van der Waals surface area contributed by atoms with Crippen LogP contribution in [0.2, 0.25) is 0 Å². The Morgan fingerprint density at radius 3 is 2.95 bits per heavy atom. The maximum Gasteiger partial charge on any atom is 0.433 e. The lowest BCUT2D eigenvalue weighted by atomic mass is 10.2. The Morgan fingerprint density at radius 1 is 1.63 bits per heavy atom. The van der Waals surface area contributed by atoms with Crippen molar-refractivity contribution in [3.8, 4) is 0 Å². The summed E-state index contributed by atoms with van der Waals surface area (Å²) in [4.78, 5) is 28.6. The van der Waals surface area contributed by atoms with E-state index in [1.807, 2.05) is 6.92 Å². The summed E-state index contributed by atoms with van der Waals surface area (Å²) in [6.45, 7) is 1.89. The second kappa shape index (κ2) is 5.34. The molecule has 0 radical (unpaired) electrons. The van der Waals surface area contributed by atoms with Gasteiger partial charge in [0.05, 0.1) is 12.1 Å². The van der Waals surface area contributed by atoms with E-state index in [2.05, 4.69) is 15.3 Å². The Hall–Kier alpha value is -2.64. The Bertz CT molecular complexity index is 575. The number of hydrogen-bond donors (Lipinski definition) is 2. The number of carbonyl (C=O) groups is 1. The molecule has 0 saturated carbocycles. The van der Waals surface area contributed by atoms with Crippen molar-refractivity contribution in [2.24, 2.45) is 0 Å². The number of aromatic amines is 1. The molecule has 1 atom stereocenters. The Kier molecular flexibility index (Phi) is 3.60. The number of furan rings is 1. The number of imidazole rings is 1. The van der Waals surface area contributed by atoms with E-state index in [1.54, 1.807) is 12.4 Å². The first kappa shape index (κ1) is 12.8. The number of nitrogens with zero attached hydrogens (tertiary/aromatic N) is 2. The fraction of sp³-hybridized carbons (Fsp3) is 0.273. The van der Waals surface area contributed by atoms with E-state index in [0.29, 0.717) is 12.2 Å². The van der Waals surface area contributed by atoms with E-state index in [0.717, 1.165) is 6.07 Å². The van der Waals surface area contributed by atoms with Gasteiger partial charge in [0.1, 0.15) is 10.7 Å². The normalized spacial score (nSPS) is 12.1. The van der Waals surface area contributed by atoms with Crippen LogP contribution in [0.1, 0.15) is 35.8 Å². The highest BCUT2D eigenvalue weighted by molar-refractivity contribution is 5.91. The minimum atomic E-state index is -0.694. The molecular weight excluding hydrogens is 252 g/mol. The fourth-order valence-electron chi connectivity index (χ4n) is 1.61. The summed E-state index contributed by atoms with van der Waals surface area (Å²) in [5, 5.41) is 13.2. The van der Waals surface area contributed by atoms with E-state index in [4.69, 9.17) is 4.42 Å². The van der Waals surface area contributed by atoms with Crippen LogP contribution in [-0.4, -0.2) is 20.8 Å². The van der Waals surface area contributed by atoms with E-state index in [1.165, 1.54) is 6.07 Å². The van der Waals surface area contributed by atoms with Gasteiger partial charge in [-0.3, -0.25) is 14.9 Å². The molecule has 100 valence electrons. The Balaban J connectivity index is 2.09. The Labute approximate surface area is 108 Å². The summed E-state index contributed by atoms with van der Waals surface area (Å²) in [7, 11) is 0. The van der Waals surface area contributed by atoms with E-state index in [-0.39, 0.29) is 11.8 Å². The molecule has 0 aromatic carbocycles. The van der Waals surface area contributed by atoms with Gasteiger partial charge in [-0.05, 0) is 12.5 Å². The van der Waals surface area contributed by atoms with Crippen molar-refractivity contribution in [2.45, 2.75) is 19.4 Å². The van der Waals surface area contributed by atoms with Crippen LogP contribution in [0.4, 0.5) is 5.88 Å². The molecule has 2 N–H and O–H groups in total. The summed E-state index contributed by atoms with van der Waals surface area (Å²) < 4.78 is 4.83. The largest absolute Gasteiger partial charge is 0.433 e. The number of aromatic nitrogens is 2. The molecule has 1 unspecified atom stereocenters. The quantitative estimate of drug-likeness (QED) is 0.631. The summed E-state index contributed by atoms with van der Waals surface area (Å²) in [5.74, 6) is -0.457. The second-order valence-electron chi connectivity index (χ2n) is 3.80. The number of hydrogen-bond acceptors (Lipinski definition) is 5. The number of rotatable bonds is 5. The van der Waals surface area contributed by atoms with Gasteiger partial charge in [-0.2, -0.15) is 0 Å². The monoisotopic (exact) mass is 264 g/mol. The molecule has 0 aliphatic carbocycles. The predicted molar refractivity (Wildman–Crippen MR) is 64.4 cm³/mol. The number of carbonyl (C=O) groups excluding carboxylic acids is 1. The molecule has 2 rings (SSSR count). The molecule has 2 aromatic rings. The average molecular weight is 264 g/mol. The van der Waals surface area contributed by atoms with Gasteiger partial charge < -0.3 is 14.7 Å². The van der Waals surface area contributed by atoms with Gasteiger partial charge in [0.2, 0.25) is 0 Å². The number of H-pyrrole nitrogens is 1. The topological polar surface area (TPSA) is 114 Å². The molecule has 8 nitrogen and oxygen atoms in total. The maximum absolute atomic E-state index is 11.9. The highest BCUT2D eigenvalue weighted by atomic mass is 16.6. The SMILES string of the molecule is CCC(NC(=O)c1ccc([N+](=O)[O-])o1)c1ncc[nH]1. The second-order valence-corrected chi connectivity index (χ2v) is 3.80. The lowest BCUT2D eigenvalue weighted by molar-refractivity contribution is -0.402. The highest BCUT2D eigenvalue weighted by Crippen LogP contribution is 2.17. The first-order valence-corrected chi connectivity index (χ1v) is 5.66. The lowest BCUT2D eigenvalue weighted by Crippen LogP contribution is -2.28. The molecule has 0 spiro atoms. The molecular formula is C11H12N4O4. The van der Waals surface area contributed by atoms with E-state index >= 15 is 0 Å². The smallest absolute Gasteiger partial charge is 0.395 e. The maximum atomic E-state index is 11.9. The molecule has 19 heavy (non-hydrogen) atoms. The van der Waals surface area contributed by atoms with Crippen molar-refractivity contribution < 1.29 is 14.1 Å². The van der Waals surface area contributed by atoms with E-state index < -0.39 is 16.7 Å². The molecule has 2 aromatic heterocycles. The first-order chi connectivity index (χ1) is 9.11. The summed E-state index contributed by atoms with van der Waals surface area (Å²) in [6.07, 6.45) is 3.87. The van der Waals surface area contributed by atoms with Crippen LogP contribution in [0, 0.1) is 10.1 Å². The van der Waals surface area contributed by atoms with Crippen molar-refractivity contribution in [1.29, 1.82) is 0 Å². The zero-order valence-electron chi connectivity index (χ0n) is 10.1. The van der Waals surface area contributed by atoms with Crippen molar-refractivity contribution in [1.82, 2.24) is 15.3 Å². The molecule has 0 fully saturated rings. The molecule has 8 heteroatoms. The van der Waals surface area contributed by atoms with Crippen molar-refractivity contribution >= 4 is 11.8 Å². The molecule has 2 heterocycles. The van der Waals surface area contributed by atoms with Crippen LogP contribution in [0.15, 0.2) is 28.9 Å². The molecule has 1 amide bonds. The van der Waals surface area contributed by atoms with Crippen LogP contribution in [0.5, 0.6) is 0 Å². The van der Waals surface area contributed by atoms with Crippen molar-refractivity contribution in [3.63, 3.8) is 0 Å². The van der Waals surface area contributed by atoms with Crippen LogP contribution < -0.4 is 5.32 Å².